The summed E-state index contributed by atoms with van der Waals surface area (Å²) in [6.45, 7) is 0.835. The second kappa shape index (κ2) is 4.21. The number of nitrogens with zero attached hydrogens (tertiary/aromatic N) is 1. The summed E-state index contributed by atoms with van der Waals surface area (Å²) in [6, 6.07) is 0. The number of methoxy groups -OCH3 is 1. The van der Waals surface area contributed by atoms with E-state index < -0.39 is 0 Å². The highest BCUT2D eigenvalue weighted by Crippen LogP contribution is 2.41. The van der Waals surface area contributed by atoms with Gasteiger partial charge in [0.2, 0.25) is 5.91 Å². The summed E-state index contributed by atoms with van der Waals surface area (Å²) in [5, 5.41) is 0. The summed E-state index contributed by atoms with van der Waals surface area (Å²) >= 11 is 0. The standard InChI is InChI=1S/C11H17NO3/c1-15-11(14)7-12-5-4-9(6-10(12)13)8-2-3-8/h8-9H,2-7H2,1H3. The van der Waals surface area contributed by atoms with E-state index in [0.29, 0.717) is 12.3 Å². The highest BCUT2D eigenvalue weighted by atomic mass is 16.5. The molecule has 0 spiro atoms. The minimum absolute atomic E-state index is 0.114. The minimum atomic E-state index is -0.326. The van der Waals surface area contributed by atoms with Crippen molar-refractivity contribution in [3.63, 3.8) is 0 Å². The average molecular weight is 211 g/mol. The number of carbonyl (C=O) groups is 2. The van der Waals surface area contributed by atoms with Gasteiger partial charge in [-0.25, -0.2) is 0 Å². The zero-order chi connectivity index (χ0) is 10.8. The van der Waals surface area contributed by atoms with Crippen molar-refractivity contribution in [2.24, 2.45) is 11.8 Å². The second-order valence-corrected chi connectivity index (χ2v) is 4.48. The lowest BCUT2D eigenvalue weighted by Gasteiger charge is -2.30. The largest absolute Gasteiger partial charge is 0.468 e. The molecule has 1 amide bonds. The molecule has 0 radical (unpaired) electrons. The number of amides is 1. The van der Waals surface area contributed by atoms with E-state index in [1.807, 2.05) is 0 Å². The SMILES string of the molecule is COC(=O)CN1CCC(C2CC2)CC1=O. The predicted octanol–water partition coefficient (Wildman–Crippen LogP) is 0.808. The normalized spacial score (nSPS) is 26.6. The van der Waals surface area contributed by atoms with Crippen LogP contribution in [-0.2, 0) is 14.3 Å². The predicted molar refractivity (Wildman–Crippen MR) is 54.0 cm³/mol. The molecule has 2 fully saturated rings. The van der Waals surface area contributed by atoms with Crippen molar-refractivity contribution in [1.29, 1.82) is 0 Å². The van der Waals surface area contributed by atoms with Crippen LogP contribution in [0.2, 0.25) is 0 Å². The smallest absolute Gasteiger partial charge is 0.325 e. The number of ether oxygens (including phenoxy) is 1. The molecule has 1 unspecified atom stereocenters. The van der Waals surface area contributed by atoms with Crippen molar-refractivity contribution < 1.29 is 14.3 Å². The molecule has 2 rings (SSSR count). The molecule has 1 saturated heterocycles. The zero-order valence-corrected chi connectivity index (χ0v) is 9.07. The Morgan fingerprint density at radius 3 is 2.67 bits per heavy atom. The van der Waals surface area contributed by atoms with Gasteiger partial charge in [0, 0.05) is 13.0 Å². The van der Waals surface area contributed by atoms with Gasteiger partial charge in [0.15, 0.2) is 0 Å². The fraction of sp³-hybridized carbons (Fsp3) is 0.818. The molecular weight excluding hydrogens is 194 g/mol. The molecule has 1 heterocycles. The molecule has 1 aliphatic heterocycles. The van der Waals surface area contributed by atoms with E-state index in [1.54, 1.807) is 4.90 Å². The third kappa shape index (κ3) is 2.49. The first kappa shape index (κ1) is 10.5. The molecule has 1 atom stereocenters. The summed E-state index contributed by atoms with van der Waals surface area (Å²) in [5.74, 6) is 1.15. The second-order valence-electron chi connectivity index (χ2n) is 4.48. The fourth-order valence-corrected chi connectivity index (χ4v) is 2.26. The van der Waals surface area contributed by atoms with Crippen LogP contribution in [0.1, 0.15) is 25.7 Å². The average Bonchev–Trinajstić information content (AvgIpc) is 3.04. The Labute approximate surface area is 89.6 Å². The van der Waals surface area contributed by atoms with E-state index in [2.05, 4.69) is 4.74 Å². The molecule has 1 aliphatic carbocycles. The van der Waals surface area contributed by atoms with Gasteiger partial charge in [0.1, 0.15) is 6.54 Å². The molecule has 0 N–H and O–H groups in total. The van der Waals surface area contributed by atoms with Crippen LogP contribution in [0.4, 0.5) is 0 Å². The van der Waals surface area contributed by atoms with Gasteiger partial charge in [-0.15, -0.1) is 0 Å². The first-order valence-electron chi connectivity index (χ1n) is 5.55. The number of carbonyl (C=O) groups excluding carboxylic acids is 2. The Morgan fingerprint density at radius 1 is 1.40 bits per heavy atom. The van der Waals surface area contributed by atoms with E-state index in [1.165, 1.54) is 20.0 Å². The number of esters is 1. The van der Waals surface area contributed by atoms with E-state index in [-0.39, 0.29) is 18.4 Å². The summed E-state index contributed by atoms with van der Waals surface area (Å²) in [5.41, 5.74) is 0. The van der Waals surface area contributed by atoms with Crippen molar-refractivity contribution in [3.8, 4) is 0 Å². The van der Waals surface area contributed by atoms with Crippen molar-refractivity contribution in [2.75, 3.05) is 20.2 Å². The van der Waals surface area contributed by atoms with E-state index >= 15 is 0 Å². The Morgan fingerprint density at radius 2 is 2.13 bits per heavy atom. The summed E-state index contributed by atoms with van der Waals surface area (Å²) in [6.07, 6.45) is 4.25. The molecule has 0 aromatic carbocycles. The molecule has 15 heavy (non-hydrogen) atoms. The molecule has 0 aromatic heterocycles. The van der Waals surface area contributed by atoms with E-state index in [0.717, 1.165) is 18.9 Å². The first-order valence-corrected chi connectivity index (χ1v) is 5.55. The van der Waals surface area contributed by atoms with Gasteiger partial charge in [-0.1, -0.05) is 0 Å². The number of likely N-dealkylation sites (tertiary alicyclic amines) is 1. The van der Waals surface area contributed by atoms with E-state index in [4.69, 9.17) is 0 Å². The maximum atomic E-state index is 11.7. The first-order chi connectivity index (χ1) is 7.20. The monoisotopic (exact) mass is 211 g/mol. The van der Waals surface area contributed by atoms with Crippen LogP contribution >= 0.6 is 0 Å². The molecule has 1 saturated carbocycles. The number of rotatable bonds is 3. The molecule has 0 aromatic rings. The minimum Gasteiger partial charge on any atom is -0.468 e. The Kier molecular flexibility index (Phi) is 2.93. The van der Waals surface area contributed by atoms with Gasteiger partial charge in [-0.2, -0.15) is 0 Å². The van der Waals surface area contributed by atoms with Crippen molar-refractivity contribution in [2.45, 2.75) is 25.7 Å². The Bertz CT molecular complexity index is 273. The van der Waals surface area contributed by atoms with Crippen LogP contribution in [-0.4, -0.2) is 37.0 Å². The highest BCUT2D eigenvalue weighted by Gasteiger charge is 2.36. The van der Waals surface area contributed by atoms with Gasteiger partial charge < -0.3 is 9.64 Å². The van der Waals surface area contributed by atoms with Crippen molar-refractivity contribution in [3.05, 3.63) is 0 Å². The quantitative estimate of drug-likeness (QED) is 0.649. The molecule has 0 bridgehead atoms. The Hall–Kier alpha value is -1.06. The van der Waals surface area contributed by atoms with Crippen LogP contribution in [0.15, 0.2) is 0 Å². The van der Waals surface area contributed by atoms with Crippen LogP contribution < -0.4 is 0 Å². The van der Waals surface area contributed by atoms with Crippen molar-refractivity contribution >= 4 is 11.9 Å². The fourth-order valence-electron chi connectivity index (χ4n) is 2.26. The number of hydrogen-bond acceptors (Lipinski definition) is 3. The van der Waals surface area contributed by atoms with E-state index in [9.17, 15) is 9.59 Å². The number of piperidine rings is 1. The molecule has 4 heteroatoms. The highest BCUT2D eigenvalue weighted by molar-refractivity contribution is 5.82. The lowest BCUT2D eigenvalue weighted by molar-refractivity contribution is -0.148. The summed E-state index contributed by atoms with van der Waals surface area (Å²) in [4.78, 5) is 24.4. The van der Waals surface area contributed by atoms with Gasteiger partial charge in [-0.3, -0.25) is 9.59 Å². The number of hydrogen-bond donors (Lipinski definition) is 0. The van der Waals surface area contributed by atoms with Gasteiger partial charge in [-0.05, 0) is 31.1 Å². The maximum Gasteiger partial charge on any atom is 0.325 e. The summed E-state index contributed by atoms with van der Waals surface area (Å²) < 4.78 is 4.56. The van der Waals surface area contributed by atoms with Crippen LogP contribution in [0.25, 0.3) is 0 Å². The zero-order valence-electron chi connectivity index (χ0n) is 9.07. The van der Waals surface area contributed by atoms with Crippen LogP contribution in [0.3, 0.4) is 0 Å². The van der Waals surface area contributed by atoms with Crippen LogP contribution in [0, 0.1) is 11.8 Å². The maximum absolute atomic E-state index is 11.7. The lowest BCUT2D eigenvalue weighted by Crippen LogP contribution is -2.42. The molecule has 4 nitrogen and oxygen atoms in total. The molecule has 84 valence electrons. The van der Waals surface area contributed by atoms with Gasteiger partial charge >= 0.3 is 5.97 Å². The van der Waals surface area contributed by atoms with Gasteiger partial charge in [0.25, 0.3) is 0 Å². The molecular formula is C11H17NO3. The van der Waals surface area contributed by atoms with Gasteiger partial charge in [0.05, 0.1) is 7.11 Å². The lowest BCUT2D eigenvalue weighted by atomic mass is 9.91. The third-order valence-electron chi connectivity index (χ3n) is 3.40. The summed E-state index contributed by atoms with van der Waals surface area (Å²) in [7, 11) is 1.35. The topological polar surface area (TPSA) is 46.6 Å². The van der Waals surface area contributed by atoms with Crippen molar-refractivity contribution in [1.82, 2.24) is 4.90 Å². The molecule has 2 aliphatic rings. The third-order valence-corrected chi connectivity index (χ3v) is 3.40. The van der Waals surface area contributed by atoms with Crippen LogP contribution in [0.5, 0.6) is 0 Å². The Balaban J connectivity index is 1.83.